The summed E-state index contributed by atoms with van der Waals surface area (Å²) in [5, 5.41) is 1.42. The summed E-state index contributed by atoms with van der Waals surface area (Å²) in [7, 11) is 0. The van der Waals surface area contributed by atoms with Crippen LogP contribution < -0.4 is 10.6 Å². The fourth-order valence-corrected chi connectivity index (χ4v) is 3.58. The number of nitrogens with zero attached hydrogens (tertiary/aromatic N) is 1. The van der Waals surface area contributed by atoms with Gasteiger partial charge in [0, 0.05) is 24.0 Å². The summed E-state index contributed by atoms with van der Waals surface area (Å²) in [5.74, 6) is 0. The van der Waals surface area contributed by atoms with Crippen LogP contribution in [0.5, 0.6) is 0 Å². The first-order valence-electron chi connectivity index (χ1n) is 5.99. The number of anilines is 1. The molecule has 0 amide bonds. The zero-order valence-corrected chi connectivity index (χ0v) is 12.7. The van der Waals surface area contributed by atoms with E-state index in [0.717, 1.165) is 29.6 Å². The Morgan fingerprint density at radius 2 is 2.11 bits per heavy atom. The molecule has 0 unspecified atom stereocenters. The highest BCUT2D eigenvalue weighted by Crippen LogP contribution is 2.31. The second-order valence-corrected chi connectivity index (χ2v) is 6.41. The Hall–Kier alpha value is -0.450. The van der Waals surface area contributed by atoms with Gasteiger partial charge < -0.3 is 10.6 Å². The first-order valence-corrected chi connectivity index (χ1v) is 8.07. The number of halogens is 1. The van der Waals surface area contributed by atoms with Gasteiger partial charge in [-0.25, -0.2) is 0 Å². The zero-order valence-electron chi connectivity index (χ0n) is 10.4. The molecule has 0 spiro atoms. The lowest BCUT2D eigenvalue weighted by Gasteiger charge is -2.34. The Kier molecular flexibility index (Phi) is 4.76. The maximum atomic E-state index is 6.20. The molecule has 1 heterocycles. The molecule has 1 saturated heterocycles. The summed E-state index contributed by atoms with van der Waals surface area (Å²) in [6.45, 7) is 2.09. The van der Waals surface area contributed by atoms with Crippen LogP contribution in [0.4, 0.5) is 5.69 Å². The van der Waals surface area contributed by atoms with E-state index in [-0.39, 0.29) is 0 Å². The van der Waals surface area contributed by atoms with Crippen molar-refractivity contribution in [3.63, 3.8) is 0 Å². The molecule has 5 heteroatoms. The van der Waals surface area contributed by atoms with Crippen molar-refractivity contribution in [2.45, 2.75) is 18.1 Å². The standard InChI is InChI=1S/C13H17ClN2S2/c1-18-9-5-7-16(8-6-9)11-4-2-3-10(14)12(11)13(15)17/h2-4,9H,5-8H2,1H3,(H2,15,17). The molecule has 2 nitrogen and oxygen atoms in total. The van der Waals surface area contributed by atoms with Crippen molar-refractivity contribution in [1.82, 2.24) is 0 Å². The van der Waals surface area contributed by atoms with E-state index in [1.807, 2.05) is 23.9 Å². The molecule has 1 fully saturated rings. The van der Waals surface area contributed by atoms with Crippen molar-refractivity contribution in [2.75, 3.05) is 24.2 Å². The quantitative estimate of drug-likeness (QED) is 0.867. The fraction of sp³-hybridized carbons (Fsp3) is 0.462. The third kappa shape index (κ3) is 2.92. The average molecular weight is 301 g/mol. The number of benzene rings is 1. The normalized spacial score (nSPS) is 16.9. The lowest BCUT2D eigenvalue weighted by Crippen LogP contribution is -2.36. The van der Waals surface area contributed by atoms with Crippen LogP contribution in [0, 0.1) is 0 Å². The molecule has 1 aliphatic rings. The van der Waals surface area contributed by atoms with Crippen LogP contribution in [0.15, 0.2) is 18.2 Å². The molecule has 2 rings (SSSR count). The summed E-state index contributed by atoms with van der Waals surface area (Å²) in [5.41, 5.74) is 7.69. The van der Waals surface area contributed by atoms with Gasteiger partial charge in [0.25, 0.3) is 0 Å². The molecule has 1 aromatic rings. The van der Waals surface area contributed by atoms with Crippen LogP contribution in [0.25, 0.3) is 0 Å². The van der Waals surface area contributed by atoms with E-state index in [0.29, 0.717) is 10.0 Å². The maximum Gasteiger partial charge on any atom is 0.107 e. The Morgan fingerprint density at radius 1 is 1.44 bits per heavy atom. The second kappa shape index (κ2) is 6.13. The van der Waals surface area contributed by atoms with Gasteiger partial charge in [-0.1, -0.05) is 29.9 Å². The van der Waals surface area contributed by atoms with E-state index < -0.39 is 0 Å². The molecule has 1 aliphatic heterocycles. The Balaban J connectivity index is 2.24. The van der Waals surface area contributed by atoms with Crippen LogP contribution >= 0.6 is 35.6 Å². The molecule has 18 heavy (non-hydrogen) atoms. The van der Waals surface area contributed by atoms with Crippen molar-refractivity contribution in [1.29, 1.82) is 0 Å². The molecular formula is C13H17ClN2S2. The molecule has 98 valence electrons. The molecule has 2 N–H and O–H groups in total. The topological polar surface area (TPSA) is 29.3 Å². The minimum atomic E-state index is 0.377. The van der Waals surface area contributed by atoms with Crippen molar-refractivity contribution in [3.05, 3.63) is 28.8 Å². The average Bonchev–Trinajstić information content (AvgIpc) is 2.38. The minimum Gasteiger partial charge on any atom is -0.389 e. The third-order valence-electron chi connectivity index (χ3n) is 3.35. The van der Waals surface area contributed by atoms with E-state index in [1.54, 1.807) is 0 Å². The second-order valence-electron chi connectivity index (χ2n) is 4.42. The summed E-state index contributed by atoms with van der Waals surface area (Å²) in [6.07, 6.45) is 4.58. The van der Waals surface area contributed by atoms with E-state index in [2.05, 4.69) is 17.2 Å². The van der Waals surface area contributed by atoms with E-state index in [1.165, 1.54) is 12.8 Å². The monoisotopic (exact) mass is 300 g/mol. The number of thiocarbonyl (C=S) groups is 1. The Labute approximate surface area is 123 Å². The first-order chi connectivity index (χ1) is 8.63. The highest BCUT2D eigenvalue weighted by Gasteiger charge is 2.21. The van der Waals surface area contributed by atoms with Crippen LogP contribution in [-0.4, -0.2) is 29.6 Å². The van der Waals surface area contributed by atoms with Gasteiger partial charge in [-0.3, -0.25) is 0 Å². The van der Waals surface area contributed by atoms with Gasteiger partial charge >= 0.3 is 0 Å². The van der Waals surface area contributed by atoms with Gasteiger partial charge in [-0.05, 0) is 31.2 Å². The van der Waals surface area contributed by atoms with Gasteiger partial charge in [-0.15, -0.1) is 0 Å². The van der Waals surface area contributed by atoms with Crippen molar-refractivity contribution < 1.29 is 0 Å². The Bertz CT molecular complexity index is 443. The van der Waals surface area contributed by atoms with Crippen molar-refractivity contribution in [2.24, 2.45) is 5.73 Å². The van der Waals surface area contributed by atoms with Crippen LogP contribution in [0.1, 0.15) is 18.4 Å². The predicted molar refractivity (Wildman–Crippen MR) is 86.1 cm³/mol. The van der Waals surface area contributed by atoms with E-state index in [4.69, 9.17) is 29.6 Å². The number of nitrogens with two attached hydrogens (primary N) is 1. The fourth-order valence-electron chi connectivity index (χ4n) is 2.35. The van der Waals surface area contributed by atoms with Crippen molar-refractivity contribution >= 4 is 46.3 Å². The number of hydrogen-bond acceptors (Lipinski definition) is 3. The van der Waals surface area contributed by atoms with Gasteiger partial charge in [0.05, 0.1) is 10.6 Å². The highest BCUT2D eigenvalue weighted by atomic mass is 35.5. The summed E-state index contributed by atoms with van der Waals surface area (Å²) < 4.78 is 0. The number of thioether (sulfide) groups is 1. The Morgan fingerprint density at radius 3 is 2.67 bits per heavy atom. The van der Waals surface area contributed by atoms with Crippen LogP contribution in [0.3, 0.4) is 0 Å². The SMILES string of the molecule is CSC1CCN(c2cccc(Cl)c2C(N)=S)CC1. The molecule has 0 saturated carbocycles. The lowest BCUT2D eigenvalue weighted by molar-refractivity contribution is 0.591. The van der Waals surface area contributed by atoms with Gasteiger partial charge in [0.1, 0.15) is 4.99 Å². The maximum absolute atomic E-state index is 6.20. The number of hydrogen-bond donors (Lipinski definition) is 1. The molecule has 0 atom stereocenters. The summed E-state index contributed by atoms with van der Waals surface area (Å²) in [6, 6.07) is 5.86. The van der Waals surface area contributed by atoms with Crippen molar-refractivity contribution in [3.8, 4) is 0 Å². The molecule has 0 aliphatic carbocycles. The predicted octanol–water partition coefficient (Wildman–Crippen LogP) is 3.31. The minimum absolute atomic E-state index is 0.377. The third-order valence-corrected chi connectivity index (χ3v) is 5.01. The molecule has 0 radical (unpaired) electrons. The smallest absolute Gasteiger partial charge is 0.107 e. The zero-order chi connectivity index (χ0) is 13.1. The van der Waals surface area contributed by atoms with Crippen LogP contribution in [-0.2, 0) is 0 Å². The largest absolute Gasteiger partial charge is 0.389 e. The van der Waals surface area contributed by atoms with Gasteiger partial charge in [-0.2, -0.15) is 11.8 Å². The molecular weight excluding hydrogens is 284 g/mol. The highest BCUT2D eigenvalue weighted by molar-refractivity contribution is 7.99. The van der Waals surface area contributed by atoms with Gasteiger partial charge in [0.2, 0.25) is 0 Å². The van der Waals surface area contributed by atoms with Gasteiger partial charge in [0.15, 0.2) is 0 Å². The van der Waals surface area contributed by atoms with Crippen LogP contribution in [0.2, 0.25) is 5.02 Å². The number of rotatable bonds is 3. The molecule has 0 aromatic heterocycles. The first kappa shape index (κ1) is 14.0. The lowest BCUT2D eigenvalue weighted by atomic mass is 10.1. The molecule has 0 bridgehead atoms. The number of piperidine rings is 1. The molecule has 1 aromatic carbocycles. The summed E-state index contributed by atoms with van der Waals surface area (Å²) in [4.78, 5) is 2.72. The van der Waals surface area contributed by atoms with E-state index >= 15 is 0 Å². The van der Waals surface area contributed by atoms with E-state index in [9.17, 15) is 0 Å². The summed E-state index contributed by atoms with van der Waals surface area (Å²) >= 11 is 13.3.